The molecule has 28 heavy (non-hydrogen) atoms. The highest BCUT2D eigenvalue weighted by atomic mass is 32.2. The van der Waals surface area contributed by atoms with Gasteiger partial charge in [0, 0.05) is 5.56 Å². The summed E-state index contributed by atoms with van der Waals surface area (Å²) in [4.78, 5) is 12.4. The number of amides is 1. The Morgan fingerprint density at radius 2 is 1.96 bits per heavy atom. The van der Waals surface area contributed by atoms with Gasteiger partial charge in [-0.2, -0.15) is 5.10 Å². The molecule has 2 aliphatic rings. The molecule has 0 radical (unpaired) electrons. The molecule has 0 aliphatic carbocycles. The minimum Gasteiger partial charge on any atom is -0.454 e. The van der Waals surface area contributed by atoms with Crippen molar-refractivity contribution in [2.24, 2.45) is 0 Å². The van der Waals surface area contributed by atoms with E-state index in [1.165, 1.54) is 23.9 Å². The average molecular weight is 397 g/mol. The lowest BCUT2D eigenvalue weighted by Crippen LogP contribution is -2.15. The van der Waals surface area contributed by atoms with Crippen molar-refractivity contribution in [2.45, 2.75) is 12.2 Å². The molecule has 1 N–H and O–H groups in total. The molecule has 142 valence electrons. The van der Waals surface area contributed by atoms with E-state index >= 15 is 0 Å². The van der Waals surface area contributed by atoms with E-state index in [4.69, 9.17) is 9.47 Å². The summed E-state index contributed by atoms with van der Waals surface area (Å²) in [5, 5.41) is 7.50. The summed E-state index contributed by atoms with van der Waals surface area (Å²) in [7, 11) is 0. The number of anilines is 1. The van der Waals surface area contributed by atoms with Crippen molar-refractivity contribution in [3.8, 4) is 17.2 Å². The van der Waals surface area contributed by atoms with Gasteiger partial charge in [0.1, 0.15) is 11.6 Å². The zero-order valence-corrected chi connectivity index (χ0v) is 15.8. The van der Waals surface area contributed by atoms with Gasteiger partial charge in [0.25, 0.3) is 0 Å². The van der Waals surface area contributed by atoms with Crippen LogP contribution in [0.5, 0.6) is 11.5 Å². The van der Waals surface area contributed by atoms with Crippen molar-refractivity contribution in [3.05, 3.63) is 65.1 Å². The van der Waals surface area contributed by atoms with Crippen molar-refractivity contribution < 1.29 is 18.7 Å². The highest BCUT2D eigenvalue weighted by molar-refractivity contribution is 8.00. The normalized spacial score (nSPS) is 17.8. The van der Waals surface area contributed by atoms with Crippen LogP contribution >= 0.6 is 11.8 Å². The van der Waals surface area contributed by atoms with Gasteiger partial charge in [-0.25, -0.2) is 9.07 Å². The molecule has 2 aromatic carbocycles. The van der Waals surface area contributed by atoms with Gasteiger partial charge in [-0.3, -0.25) is 4.79 Å². The molecule has 6 nitrogen and oxygen atoms in total. The lowest BCUT2D eigenvalue weighted by molar-refractivity contribution is -0.113. The quantitative estimate of drug-likeness (QED) is 0.712. The van der Waals surface area contributed by atoms with Gasteiger partial charge in [-0.1, -0.05) is 6.07 Å². The van der Waals surface area contributed by atoms with E-state index in [1.807, 2.05) is 25.1 Å². The number of carbonyl (C=O) groups excluding carboxylic acids is 1. The van der Waals surface area contributed by atoms with Crippen molar-refractivity contribution in [3.63, 3.8) is 0 Å². The van der Waals surface area contributed by atoms with E-state index in [0.29, 0.717) is 23.0 Å². The standard InChI is InChI=1S/C20H16FN3O3S/c1-11-18-19(12-2-7-15-16(8-12)27-10-26-15)28-9-17(25)22-20(18)24(23-11)14-5-3-13(21)4-6-14/h2-8,19H,9-10H2,1H3,(H,22,25). The number of aryl methyl sites for hydroxylation is 1. The molecule has 1 atom stereocenters. The maximum Gasteiger partial charge on any atom is 0.235 e. The molecule has 1 amide bonds. The van der Waals surface area contributed by atoms with Gasteiger partial charge in [-0.05, 0) is 48.9 Å². The van der Waals surface area contributed by atoms with Crippen LogP contribution < -0.4 is 14.8 Å². The van der Waals surface area contributed by atoms with E-state index in [-0.39, 0.29) is 23.8 Å². The summed E-state index contributed by atoms with van der Waals surface area (Å²) in [6.45, 7) is 2.13. The zero-order chi connectivity index (χ0) is 19.3. The number of aromatic nitrogens is 2. The number of halogens is 1. The van der Waals surface area contributed by atoms with E-state index in [9.17, 15) is 9.18 Å². The molecule has 0 saturated heterocycles. The van der Waals surface area contributed by atoms with E-state index in [2.05, 4.69) is 10.4 Å². The van der Waals surface area contributed by atoms with Crippen LogP contribution in [0.1, 0.15) is 22.1 Å². The van der Waals surface area contributed by atoms with Crippen LogP contribution in [0.25, 0.3) is 5.69 Å². The Morgan fingerprint density at radius 1 is 1.18 bits per heavy atom. The summed E-state index contributed by atoms with van der Waals surface area (Å²) in [6.07, 6.45) is 0. The molecule has 2 aliphatic heterocycles. The molecule has 0 saturated carbocycles. The van der Waals surface area contributed by atoms with Crippen molar-refractivity contribution in [1.29, 1.82) is 0 Å². The van der Waals surface area contributed by atoms with Crippen molar-refractivity contribution >= 4 is 23.5 Å². The Labute approximate surface area is 164 Å². The SMILES string of the molecule is Cc1nn(-c2ccc(F)cc2)c2c1C(c1ccc3c(c1)OCO3)SCC(=O)N2. The lowest BCUT2D eigenvalue weighted by Gasteiger charge is -2.16. The summed E-state index contributed by atoms with van der Waals surface area (Å²) in [5.41, 5.74) is 3.42. The topological polar surface area (TPSA) is 65.4 Å². The molecule has 3 heterocycles. The zero-order valence-electron chi connectivity index (χ0n) is 14.9. The molecule has 8 heteroatoms. The van der Waals surface area contributed by atoms with Crippen LogP contribution in [0.15, 0.2) is 42.5 Å². The van der Waals surface area contributed by atoms with E-state index in [1.54, 1.807) is 16.8 Å². The summed E-state index contributed by atoms with van der Waals surface area (Å²) >= 11 is 1.54. The second-order valence-corrected chi connectivity index (χ2v) is 7.68. The van der Waals surface area contributed by atoms with Gasteiger partial charge in [0.05, 0.1) is 22.4 Å². The molecule has 0 bridgehead atoms. The largest absolute Gasteiger partial charge is 0.454 e. The predicted octanol–water partition coefficient (Wildman–Crippen LogP) is 3.82. The Morgan fingerprint density at radius 3 is 2.79 bits per heavy atom. The molecule has 1 unspecified atom stereocenters. The predicted molar refractivity (Wildman–Crippen MR) is 104 cm³/mol. The summed E-state index contributed by atoms with van der Waals surface area (Å²) in [6, 6.07) is 11.9. The maximum atomic E-state index is 13.3. The number of hydrogen-bond acceptors (Lipinski definition) is 5. The Bertz CT molecular complexity index is 1080. The number of hydrogen-bond donors (Lipinski definition) is 1. The van der Waals surface area contributed by atoms with Crippen LogP contribution in [0.3, 0.4) is 0 Å². The highest BCUT2D eigenvalue weighted by Gasteiger charge is 2.31. The molecule has 0 spiro atoms. The van der Waals surface area contributed by atoms with Crippen LogP contribution in [-0.2, 0) is 4.79 Å². The fourth-order valence-electron chi connectivity index (χ4n) is 3.49. The van der Waals surface area contributed by atoms with Gasteiger partial charge < -0.3 is 14.8 Å². The number of thioether (sulfide) groups is 1. The second-order valence-electron chi connectivity index (χ2n) is 6.59. The number of rotatable bonds is 2. The minimum absolute atomic E-state index is 0.0993. The maximum absolute atomic E-state index is 13.3. The van der Waals surface area contributed by atoms with Crippen molar-refractivity contribution in [2.75, 3.05) is 17.9 Å². The first-order valence-electron chi connectivity index (χ1n) is 8.76. The Kier molecular flexibility index (Phi) is 4.01. The minimum atomic E-state index is -0.323. The Balaban J connectivity index is 1.65. The second kappa shape index (κ2) is 6.56. The number of ether oxygens (including phenoxy) is 2. The number of benzene rings is 2. The molecule has 5 rings (SSSR count). The molecule has 3 aromatic rings. The van der Waals surface area contributed by atoms with Crippen LogP contribution in [-0.4, -0.2) is 28.2 Å². The lowest BCUT2D eigenvalue weighted by atomic mass is 10.0. The molecular weight excluding hydrogens is 381 g/mol. The van der Waals surface area contributed by atoms with Crippen LogP contribution in [0.4, 0.5) is 10.2 Å². The molecule has 0 fully saturated rings. The first kappa shape index (κ1) is 17.1. The first-order valence-corrected chi connectivity index (χ1v) is 9.81. The number of fused-ring (bicyclic) bond motifs is 2. The first-order chi connectivity index (χ1) is 13.6. The Hall–Kier alpha value is -3.00. The monoisotopic (exact) mass is 397 g/mol. The fourth-order valence-corrected chi connectivity index (χ4v) is 4.67. The third-order valence-electron chi connectivity index (χ3n) is 4.78. The molecule has 1 aromatic heterocycles. The average Bonchev–Trinajstić information content (AvgIpc) is 3.23. The third-order valence-corrected chi connectivity index (χ3v) is 6.05. The van der Waals surface area contributed by atoms with Crippen molar-refractivity contribution in [1.82, 2.24) is 9.78 Å². The highest BCUT2D eigenvalue weighted by Crippen LogP contribution is 2.46. The summed E-state index contributed by atoms with van der Waals surface area (Å²) < 4.78 is 25.9. The number of carbonyl (C=O) groups is 1. The van der Waals surface area contributed by atoms with Gasteiger partial charge >= 0.3 is 0 Å². The van der Waals surface area contributed by atoms with E-state index in [0.717, 1.165) is 22.6 Å². The summed E-state index contributed by atoms with van der Waals surface area (Å²) in [5.74, 6) is 1.93. The van der Waals surface area contributed by atoms with Gasteiger partial charge in [0.15, 0.2) is 11.5 Å². The van der Waals surface area contributed by atoms with Gasteiger partial charge in [0.2, 0.25) is 12.7 Å². The van der Waals surface area contributed by atoms with Crippen LogP contribution in [0, 0.1) is 12.7 Å². The number of nitrogens with one attached hydrogen (secondary N) is 1. The third kappa shape index (κ3) is 2.80. The van der Waals surface area contributed by atoms with Gasteiger partial charge in [-0.15, -0.1) is 11.8 Å². The van der Waals surface area contributed by atoms with E-state index < -0.39 is 0 Å². The number of nitrogens with zero attached hydrogens (tertiary/aromatic N) is 2. The smallest absolute Gasteiger partial charge is 0.235 e. The fraction of sp³-hybridized carbons (Fsp3) is 0.200. The van der Waals surface area contributed by atoms with Crippen LogP contribution in [0.2, 0.25) is 0 Å². The molecular formula is C20H16FN3O3S.